The van der Waals surface area contributed by atoms with Gasteiger partial charge < -0.3 is 5.11 Å². The van der Waals surface area contributed by atoms with Crippen molar-refractivity contribution in [2.24, 2.45) is 0 Å². The van der Waals surface area contributed by atoms with E-state index in [0.717, 1.165) is 31.2 Å². The van der Waals surface area contributed by atoms with E-state index >= 15 is 0 Å². The molecule has 0 atom stereocenters. The fourth-order valence-electron chi connectivity index (χ4n) is 1.75. The van der Waals surface area contributed by atoms with Gasteiger partial charge in [-0.05, 0) is 48.9 Å². The van der Waals surface area contributed by atoms with Crippen LogP contribution in [-0.4, -0.2) is 22.8 Å². The molecule has 0 amide bonds. The van der Waals surface area contributed by atoms with Crippen LogP contribution >= 0.6 is 23.2 Å². The lowest BCUT2D eigenvalue weighted by Crippen LogP contribution is -2.02. The molecular weight excluding hydrogens is 259 g/mol. The molecule has 0 spiro atoms. The Balaban J connectivity index is 2.90. The van der Waals surface area contributed by atoms with Crippen LogP contribution in [-0.2, 0) is 12.8 Å². The van der Waals surface area contributed by atoms with Gasteiger partial charge in [0.05, 0.1) is 5.56 Å². The van der Waals surface area contributed by atoms with Gasteiger partial charge in [-0.15, -0.1) is 23.2 Å². The molecule has 2 nitrogen and oxygen atoms in total. The minimum Gasteiger partial charge on any atom is -0.478 e. The Morgan fingerprint density at radius 3 is 2.18 bits per heavy atom. The minimum absolute atomic E-state index is 0.337. The Hall–Kier alpha value is -0.730. The van der Waals surface area contributed by atoms with Crippen molar-refractivity contribution in [2.75, 3.05) is 11.8 Å². The average molecular weight is 275 g/mol. The fourth-order valence-corrected chi connectivity index (χ4v) is 2.02. The van der Waals surface area contributed by atoms with Gasteiger partial charge >= 0.3 is 5.97 Å². The first-order valence-corrected chi connectivity index (χ1v) is 6.73. The molecule has 1 rings (SSSR count). The summed E-state index contributed by atoms with van der Waals surface area (Å²) in [6.07, 6.45) is 3.48. The van der Waals surface area contributed by atoms with Crippen molar-refractivity contribution in [3.8, 4) is 0 Å². The Labute approximate surface area is 112 Å². The van der Waals surface area contributed by atoms with Crippen molar-refractivity contribution in [1.82, 2.24) is 0 Å². The SMILES string of the molecule is O=C(O)c1ccc(CCCCl)c(CCCCl)c1. The van der Waals surface area contributed by atoms with Crippen molar-refractivity contribution in [2.45, 2.75) is 25.7 Å². The van der Waals surface area contributed by atoms with Crippen LogP contribution in [0.2, 0.25) is 0 Å². The number of aromatic carboxylic acids is 1. The smallest absolute Gasteiger partial charge is 0.335 e. The normalized spacial score (nSPS) is 10.5. The summed E-state index contributed by atoms with van der Waals surface area (Å²) in [6.45, 7) is 0. The molecule has 1 aromatic rings. The van der Waals surface area contributed by atoms with Gasteiger partial charge in [-0.25, -0.2) is 4.79 Å². The lowest BCUT2D eigenvalue weighted by Gasteiger charge is -2.09. The molecule has 1 aromatic carbocycles. The standard InChI is InChI=1S/C13H16Cl2O2/c14-7-1-3-10-5-6-12(13(16)17)9-11(10)4-2-8-15/h5-6,9H,1-4,7-8H2,(H,16,17). The first-order chi connectivity index (χ1) is 8.19. The largest absolute Gasteiger partial charge is 0.478 e. The maximum Gasteiger partial charge on any atom is 0.335 e. The Bertz CT molecular complexity index is 378. The lowest BCUT2D eigenvalue weighted by molar-refractivity contribution is 0.0696. The van der Waals surface area contributed by atoms with E-state index in [1.807, 2.05) is 6.07 Å². The molecule has 0 aromatic heterocycles. The molecule has 0 radical (unpaired) electrons. The maximum atomic E-state index is 10.9. The Kier molecular flexibility index (Phi) is 6.38. The van der Waals surface area contributed by atoms with Crippen LogP contribution < -0.4 is 0 Å². The van der Waals surface area contributed by atoms with Gasteiger partial charge in [0.2, 0.25) is 0 Å². The average Bonchev–Trinajstić information content (AvgIpc) is 2.34. The van der Waals surface area contributed by atoms with Crippen LogP contribution in [0.15, 0.2) is 18.2 Å². The fraction of sp³-hybridized carbons (Fsp3) is 0.462. The highest BCUT2D eigenvalue weighted by atomic mass is 35.5. The molecule has 0 unspecified atom stereocenters. The second-order valence-corrected chi connectivity index (χ2v) is 4.63. The van der Waals surface area contributed by atoms with Crippen LogP contribution in [0, 0.1) is 0 Å². The molecule has 4 heteroatoms. The van der Waals surface area contributed by atoms with Gasteiger partial charge in [-0.3, -0.25) is 0 Å². The summed E-state index contributed by atoms with van der Waals surface area (Å²) in [5.41, 5.74) is 2.60. The molecule has 17 heavy (non-hydrogen) atoms. The topological polar surface area (TPSA) is 37.3 Å². The highest BCUT2D eigenvalue weighted by molar-refractivity contribution is 6.18. The van der Waals surface area contributed by atoms with E-state index < -0.39 is 5.97 Å². The summed E-state index contributed by atoms with van der Waals surface area (Å²) in [7, 11) is 0. The van der Waals surface area contributed by atoms with E-state index in [0.29, 0.717) is 17.3 Å². The Morgan fingerprint density at radius 2 is 1.65 bits per heavy atom. The number of rotatable bonds is 7. The predicted molar refractivity (Wildman–Crippen MR) is 71.5 cm³/mol. The molecule has 0 bridgehead atoms. The summed E-state index contributed by atoms with van der Waals surface area (Å²) in [4.78, 5) is 10.9. The zero-order chi connectivity index (χ0) is 12.7. The van der Waals surface area contributed by atoms with Gasteiger partial charge in [-0.1, -0.05) is 6.07 Å². The molecular formula is C13H16Cl2O2. The van der Waals surface area contributed by atoms with Crippen LogP contribution in [0.5, 0.6) is 0 Å². The number of halogens is 2. The minimum atomic E-state index is -0.888. The van der Waals surface area contributed by atoms with E-state index in [1.165, 1.54) is 5.56 Å². The third kappa shape index (κ3) is 4.57. The monoisotopic (exact) mass is 274 g/mol. The summed E-state index contributed by atoms with van der Waals surface area (Å²) < 4.78 is 0. The molecule has 0 fully saturated rings. The molecule has 0 aliphatic heterocycles. The first kappa shape index (κ1) is 14.3. The number of carboxylic acid groups (broad SMARTS) is 1. The van der Waals surface area contributed by atoms with Crippen LogP contribution in [0.25, 0.3) is 0 Å². The van der Waals surface area contributed by atoms with Crippen LogP contribution in [0.1, 0.15) is 34.3 Å². The summed E-state index contributed by atoms with van der Waals surface area (Å²) in [5, 5.41) is 8.95. The first-order valence-electron chi connectivity index (χ1n) is 5.66. The molecule has 0 aliphatic carbocycles. The predicted octanol–water partition coefficient (Wildman–Crippen LogP) is 3.73. The molecule has 1 N–H and O–H groups in total. The van der Waals surface area contributed by atoms with Crippen molar-refractivity contribution < 1.29 is 9.90 Å². The van der Waals surface area contributed by atoms with Gasteiger partial charge in [-0.2, -0.15) is 0 Å². The van der Waals surface area contributed by atoms with E-state index in [9.17, 15) is 4.79 Å². The summed E-state index contributed by atoms with van der Waals surface area (Å²) in [6, 6.07) is 5.29. The quantitative estimate of drug-likeness (QED) is 0.770. The molecule has 94 valence electrons. The van der Waals surface area contributed by atoms with Crippen molar-refractivity contribution in [3.05, 3.63) is 34.9 Å². The molecule has 0 saturated carbocycles. The number of carbonyl (C=O) groups is 1. The molecule has 0 aliphatic rings. The van der Waals surface area contributed by atoms with Gasteiger partial charge in [0.15, 0.2) is 0 Å². The number of hydrogen-bond donors (Lipinski definition) is 1. The van der Waals surface area contributed by atoms with Gasteiger partial charge in [0, 0.05) is 11.8 Å². The lowest BCUT2D eigenvalue weighted by atomic mass is 9.97. The highest BCUT2D eigenvalue weighted by Gasteiger charge is 2.08. The van der Waals surface area contributed by atoms with Gasteiger partial charge in [0.1, 0.15) is 0 Å². The zero-order valence-electron chi connectivity index (χ0n) is 9.59. The van der Waals surface area contributed by atoms with Crippen molar-refractivity contribution >= 4 is 29.2 Å². The number of aryl methyl sites for hydroxylation is 2. The third-order valence-electron chi connectivity index (χ3n) is 2.61. The van der Waals surface area contributed by atoms with Crippen molar-refractivity contribution in [3.63, 3.8) is 0 Å². The number of carboxylic acids is 1. The maximum absolute atomic E-state index is 10.9. The van der Waals surface area contributed by atoms with Crippen molar-refractivity contribution in [1.29, 1.82) is 0 Å². The molecule has 0 heterocycles. The van der Waals surface area contributed by atoms with E-state index in [2.05, 4.69) is 0 Å². The van der Waals surface area contributed by atoms with Crippen LogP contribution in [0.3, 0.4) is 0 Å². The van der Waals surface area contributed by atoms with E-state index in [1.54, 1.807) is 12.1 Å². The van der Waals surface area contributed by atoms with E-state index in [-0.39, 0.29) is 0 Å². The second-order valence-electron chi connectivity index (χ2n) is 3.87. The third-order valence-corrected chi connectivity index (χ3v) is 3.15. The number of benzene rings is 1. The van der Waals surface area contributed by atoms with Crippen LogP contribution in [0.4, 0.5) is 0 Å². The van der Waals surface area contributed by atoms with E-state index in [4.69, 9.17) is 28.3 Å². The summed E-state index contributed by atoms with van der Waals surface area (Å²) >= 11 is 11.3. The zero-order valence-corrected chi connectivity index (χ0v) is 11.1. The second kappa shape index (κ2) is 7.57. The highest BCUT2D eigenvalue weighted by Crippen LogP contribution is 2.17. The number of alkyl halides is 2. The van der Waals surface area contributed by atoms with Gasteiger partial charge in [0.25, 0.3) is 0 Å². The molecule has 0 saturated heterocycles. The number of hydrogen-bond acceptors (Lipinski definition) is 1. The summed E-state index contributed by atoms with van der Waals surface area (Å²) in [5.74, 6) is 0.322. The Morgan fingerprint density at radius 1 is 1.06 bits per heavy atom.